The van der Waals surface area contributed by atoms with Crippen LogP contribution in [0.2, 0.25) is 0 Å². The molecule has 0 radical (unpaired) electrons. The summed E-state index contributed by atoms with van der Waals surface area (Å²) < 4.78 is 9.09. The van der Waals surface area contributed by atoms with Crippen molar-refractivity contribution < 1.29 is 24.2 Å². The largest absolute Gasteiger partial charge is 0.507 e. The molecule has 2 N–H and O–H groups in total. The second-order valence-electron chi connectivity index (χ2n) is 4.55. The van der Waals surface area contributed by atoms with Gasteiger partial charge in [-0.2, -0.15) is 4.80 Å². The van der Waals surface area contributed by atoms with Crippen LogP contribution in [0.1, 0.15) is 25.7 Å². The van der Waals surface area contributed by atoms with Crippen molar-refractivity contribution >= 4 is 12.1 Å². The maximum atomic E-state index is 11.1. The standard InChI is InChI=1S/C12H21N5O5/c1-21-12(20)22-7-5-3-2-4-6-13-10(11(18)19)8-17-15-9-14-16-17/h9-10,13H,2-8H2,1H3,(H,18,19). The summed E-state index contributed by atoms with van der Waals surface area (Å²) in [5, 5.41) is 23.0. The maximum Gasteiger partial charge on any atom is 0.507 e. The quantitative estimate of drug-likeness (QED) is 0.430. The third-order valence-corrected chi connectivity index (χ3v) is 2.88. The third kappa shape index (κ3) is 7.53. The van der Waals surface area contributed by atoms with E-state index < -0.39 is 18.2 Å². The van der Waals surface area contributed by atoms with E-state index in [2.05, 4.69) is 25.5 Å². The number of rotatable bonds is 11. The Bertz CT molecular complexity index is 439. The Morgan fingerprint density at radius 2 is 2.09 bits per heavy atom. The van der Waals surface area contributed by atoms with Crippen molar-refractivity contribution in [2.75, 3.05) is 20.3 Å². The molecular formula is C12H21N5O5. The van der Waals surface area contributed by atoms with E-state index in [1.54, 1.807) is 0 Å². The summed E-state index contributed by atoms with van der Waals surface area (Å²) in [6.07, 6.45) is 3.96. The van der Waals surface area contributed by atoms with Crippen molar-refractivity contribution in [2.45, 2.75) is 38.3 Å². The summed E-state index contributed by atoms with van der Waals surface area (Å²) in [7, 11) is 1.27. The molecule has 124 valence electrons. The zero-order valence-electron chi connectivity index (χ0n) is 12.5. The second kappa shape index (κ2) is 10.5. The Labute approximate surface area is 127 Å². The van der Waals surface area contributed by atoms with Gasteiger partial charge in [0, 0.05) is 0 Å². The molecule has 1 rings (SSSR count). The van der Waals surface area contributed by atoms with Crippen LogP contribution in [-0.2, 0) is 20.8 Å². The maximum absolute atomic E-state index is 11.1. The number of carboxylic acids is 1. The Hall–Kier alpha value is -2.23. The SMILES string of the molecule is COC(=O)OCCCCCCNC(Cn1ncnn1)C(=O)O. The zero-order valence-corrected chi connectivity index (χ0v) is 12.5. The summed E-state index contributed by atoms with van der Waals surface area (Å²) >= 11 is 0. The lowest BCUT2D eigenvalue weighted by Crippen LogP contribution is -2.41. The number of hydrogen-bond donors (Lipinski definition) is 2. The Balaban J connectivity index is 2.06. The van der Waals surface area contributed by atoms with Crippen molar-refractivity contribution in [3.63, 3.8) is 0 Å². The average molecular weight is 315 g/mol. The van der Waals surface area contributed by atoms with Crippen LogP contribution in [0.5, 0.6) is 0 Å². The highest BCUT2D eigenvalue weighted by Gasteiger charge is 2.17. The molecule has 10 heteroatoms. The predicted octanol–water partition coefficient (Wildman–Crippen LogP) is 0.0593. The van der Waals surface area contributed by atoms with Crippen LogP contribution in [-0.4, -0.2) is 63.7 Å². The number of ether oxygens (including phenoxy) is 2. The monoisotopic (exact) mass is 315 g/mol. The fourth-order valence-electron chi connectivity index (χ4n) is 1.74. The average Bonchev–Trinajstić information content (AvgIpc) is 3.01. The molecule has 0 saturated carbocycles. The molecule has 22 heavy (non-hydrogen) atoms. The van der Waals surface area contributed by atoms with E-state index in [1.165, 1.54) is 18.2 Å². The number of methoxy groups -OCH3 is 1. The lowest BCUT2D eigenvalue weighted by molar-refractivity contribution is -0.140. The first-order valence-electron chi connectivity index (χ1n) is 7.01. The van der Waals surface area contributed by atoms with Gasteiger partial charge in [0.1, 0.15) is 6.04 Å². The van der Waals surface area contributed by atoms with E-state index in [-0.39, 0.29) is 6.54 Å². The van der Waals surface area contributed by atoms with Gasteiger partial charge in [-0.05, 0) is 24.6 Å². The van der Waals surface area contributed by atoms with Crippen LogP contribution in [0.3, 0.4) is 0 Å². The number of carbonyl (C=O) groups excluding carboxylic acids is 1. The van der Waals surface area contributed by atoms with Gasteiger partial charge in [0.05, 0.1) is 20.3 Å². The highest BCUT2D eigenvalue weighted by Crippen LogP contribution is 2.00. The van der Waals surface area contributed by atoms with Crippen molar-refractivity contribution in [1.82, 2.24) is 25.5 Å². The predicted molar refractivity (Wildman–Crippen MR) is 74.1 cm³/mol. The number of nitrogens with zero attached hydrogens (tertiary/aromatic N) is 4. The van der Waals surface area contributed by atoms with Crippen LogP contribution in [0.4, 0.5) is 4.79 Å². The summed E-state index contributed by atoms with van der Waals surface area (Å²) in [5.41, 5.74) is 0. The van der Waals surface area contributed by atoms with Crippen molar-refractivity contribution in [3.8, 4) is 0 Å². The number of nitrogens with one attached hydrogen (secondary N) is 1. The number of carbonyl (C=O) groups is 2. The molecule has 1 heterocycles. The summed E-state index contributed by atoms with van der Waals surface area (Å²) in [6, 6.07) is -0.753. The van der Waals surface area contributed by atoms with E-state index >= 15 is 0 Å². The smallest absolute Gasteiger partial charge is 0.480 e. The van der Waals surface area contributed by atoms with E-state index in [4.69, 9.17) is 9.84 Å². The van der Waals surface area contributed by atoms with E-state index in [9.17, 15) is 9.59 Å². The summed E-state index contributed by atoms with van der Waals surface area (Å²) in [4.78, 5) is 23.0. The molecule has 0 aromatic carbocycles. The normalized spacial score (nSPS) is 11.9. The first-order chi connectivity index (χ1) is 10.6. The molecule has 0 aliphatic rings. The van der Waals surface area contributed by atoms with E-state index in [1.807, 2.05) is 0 Å². The van der Waals surface area contributed by atoms with Gasteiger partial charge in [-0.1, -0.05) is 12.8 Å². The minimum atomic E-state index is -0.955. The number of carboxylic acid groups (broad SMARTS) is 1. The molecule has 0 aliphatic carbocycles. The topological polar surface area (TPSA) is 128 Å². The Kier molecular flexibility index (Phi) is 8.50. The number of aromatic nitrogens is 4. The number of tetrazole rings is 1. The first kappa shape index (κ1) is 17.8. The molecule has 0 fully saturated rings. The Morgan fingerprint density at radius 3 is 2.73 bits per heavy atom. The minimum Gasteiger partial charge on any atom is -0.480 e. The first-order valence-corrected chi connectivity index (χ1v) is 7.01. The second-order valence-corrected chi connectivity index (χ2v) is 4.55. The van der Waals surface area contributed by atoms with Crippen molar-refractivity contribution in [1.29, 1.82) is 0 Å². The molecular weight excluding hydrogens is 294 g/mol. The van der Waals surface area contributed by atoms with Crippen LogP contribution in [0.25, 0.3) is 0 Å². The highest BCUT2D eigenvalue weighted by molar-refractivity contribution is 5.73. The molecule has 0 aliphatic heterocycles. The lowest BCUT2D eigenvalue weighted by atomic mass is 10.2. The van der Waals surface area contributed by atoms with Crippen molar-refractivity contribution in [3.05, 3.63) is 6.33 Å². The molecule has 0 spiro atoms. The number of aliphatic carboxylic acids is 1. The molecule has 1 unspecified atom stereocenters. The van der Waals surface area contributed by atoms with Crippen LogP contribution in [0.15, 0.2) is 6.33 Å². The fourth-order valence-corrected chi connectivity index (χ4v) is 1.74. The van der Waals surface area contributed by atoms with Gasteiger partial charge in [-0.25, -0.2) is 4.79 Å². The van der Waals surface area contributed by atoms with Crippen LogP contribution >= 0.6 is 0 Å². The van der Waals surface area contributed by atoms with Gasteiger partial charge in [0.15, 0.2) is 6.33 Å². The summed E-state index contributed by atoms with van der Waals surface area (Å²) in [5.74, 6) is -0.955. The molecule has 1 aromatic rings. The fraction of sp³-hybridized carbons (Fsp3) is 0.750. The summed E-state index contributed by atoms with van der Waals surface area (Å²) in [6.45, 7) is 1.03. The minimum absolute atomic E-state index is 0.127. The van der Waals surface area contributed by atoms with Crippen LogP contribution in [0, 0.1) is 0 Å². The third-order valence-electron chi connectivity index (χ3n) is 2.88. The van der Waals surface area contributed by atoms with Gasteiger partial charge in [-0.3, -0.25) is 4.79 Å². The number of hydrogen-bond acceptors (Lipinski definition) is 8. The van der Waals surface area contributed by atoms with Gasteiger partial charge >= 0.3 is 12.1 Å². The van der Waals surface area contributed by atoms with Gasteiger partial charge < -0.3 is 19.9 Å². The Morgan fingerprint density at radius 1 is 1.32 bits per heavy atom. The van der Waals surface area contributed by atoms with Crippen molar-refractivity contribution in [2.24, 2.45) is 0 Å². The number of unbranched alkanes of at least 4 members (excludes halogenated alkanes) is 3. The molecule has 0 saturated heterocycles. The molecule has 0 amide bonds. The highest BCUT2D eigenvalue weighted by atomic mass is 16.7. The zero-order chi connectivity index (χ0) is 16.2. The molecule has 10 nitrogen and oxygen atoms in total. The molecule has 1 aromatic heterocycles. The molecule has 0 bridgehead atoms. The van der Waals surface area contributed by atoms with Gasteiger partial charge in [-0.15, -0.1) is 10.2 Å². The van der Waals surface area contributed by atoms with E-state index in [0.29, 0.717) is 13.2 Å². The molecule has 1 atom stereocenters. The van der Waals surface area contributed by atoms with E-state index in [0.717, 1.165) is 25.7 Å². The van der Waals surface area contributed by atoms with Gasteiger partial charge in [0.25, 0.3) is 0 Å². The van der Waals surface area contributed by atoms with Gasteiger partial charge in [0.2, 0.25) is 0 Å². The lowest BCUT2D eigenvalue weighted by Gasteiger charge is -2.13. The van der Waals surface area contributed by atoms with Crippen LogP contribution < -0.4 is 5.32 Å².